The van der Waals surface area contributed by atoms with Crippen molar-refractivity contribution in [1.29, 1.82) is 0 Å². The number of carboxylic acids is 1. The van der Waals surface area contributed by atoms with Gasteiger partial charge >= 0.3 is 5.97 Å². The summed E-state index contributed by atoms with van der Waals surface area (Å²) < 4.78 is 50.6. The zero-order valence-corrected chi connectivity index (χ0v) is 24.2. The number of benzene rings is 3. The molecule has 0 radical (unpaired) electrons. The zero-order chi connectivity index (χ0) is 31.0. The van der Waals surface area contributed by atoms with E-state index in [9.17, 15) is 14.7 Å². The number of carbonyl (C=O) groups is 1. The molecule has 44 heavy (non-hydrogen) atoms. The second kappa shape index (κ2) is 12.1. The fourth-order valence-electron chi connectivity index (χ4n) is 5.11. The molecule has 0 bridgehead atoms. The van der Waals surface area contributed by atoms with Crippen molar-refractivity contribution in [3.05, 3.63) is 110 Å². The minimum Gasteiger partial charge on any atom is -0.496 e. The first-order valence-electron chi connectivity index (χ1n) is 13.7. The monoisotopic (exact) mass is 621 g/mol. The number of hydrogen-bond donors (Lipinski definition) is 1. The second-order valence-corrected chi connectivity index (χ2v) is 10.7. The number of aromatic carboxylic acids is 1. The van der Waals surface area contributed by atoms with Crippen LogP contribution in [0, 0.1) is 11.6 Å². The van der Waals surface area contributed by atoms with Crippen LogP contribution >= 0.6 is 11.6 Å². The highest BCUT2D eigenvalue weighted by molar-refractivity contribution is 6.30. The number of carboxylic acid groups (broad SMARTS) is 1. The van der Waals surface area contributed by atoms with Gasteiger partial charge in [0.25, 0.3) is 5.56 Å². The Labute approximate surface area is 254 Å². The molecule has 1 N–H and O–H groups in total. The molecule has 226 valence electrons. The average Bonchev–Trinajstić information content (AvgIpc) is 3.25. The molecule has 3 heterocycles. The van der Waals surface area contributed by atoms with Crippen LogP contribution in [0.15, 0.2) is 71.5 Å². The zero-order valence-electron chi connectivity index (χ0n) is 23.4. The molecular formula is C32H26ClF2N3O6. The van der Waals surface area contributed by atoms with Gasteiger partial charge in [-0.15, -0.1) is 0 Å². The Kier molecular flexibility index (Phi) is 8.07. The summed E-state index contributed by atoms with van der Waals surface area (Å²) in [7, 11) is 1.52. The van der Waals surface area contributed by atoms with Crippen LogP contribution in [0.3, 0.4) is 0 Å². The van der Waals surface area contributed by atoms with Crippen LogP contribution in [0.5, 0.6) is 11.6 Å². The molecule has 0 saturated carbocycles. The lowest BCUT2D eigenvalue weighted by atomic mass is 10.1. The largest absolute Gasteiger partial charge is 0.496 e. The van der Waals surface area contributed by atoms with Crippen molar-refractivity contribution in [2.45, 2.75) is 32.2 Å². The summed E-state index contributed by atoms with van der Waals surface area (Å²) in [4.78, 5) is 29.3. The van der Waals surface area contributed by atoms with Gasteiger partial charge in [-0.25, -0.2) is 23.2 Å². The first-order chi connectivity index (χ1) is 21.2. The van der Waals surface area contributed by atoms with Crippen molar-refractivity contribution < 1.29 is 32.9 Å². The van der Waals surface area contributed by atoms with Crippen LogP contribution in [-0.4, -0.2) is 45.2 Å². The number of ether oxygens (including phenoxy) is 3. The highest BCUT2D eigenvalue weighted by atomic mass is 35.5. The van der Waals surface area contributed by atoms with Crippen LogP contribution in [-0.2, 0) is 24.4 Å². The molecule has 3 aromatic carbocycles. The summed E-state index contributed by atoms with van der Waals surface area (Å²) in [6.45, 7) is 0.647. The molecule has 0 spiro atoms. The Hall–Kier alpha value is -4.74. The topological polar surface area (TPSA) is 105 Å². The fourth-order valence-corrected chi connectivity index (χ4v) is 5.28. The number of fused-ring (bicyclic) bond motifs is 1. The van der Waals surface area contributed by atoms with Gasteiger partial charge in [-0.05, 0) is 55.0 Å². The van der Waals surface area contributed by atoms with E-state index in [1.165, 1.54) is 36.1 Å². The van der Waals surface area contributed by atoms with E-state index in [2.05, 4.69) is 4.98 Å². The van der Waals surface area contributed by atoms with E-state index in [1.54, 1.807) is 35.0 Å². The first kappa shape index (κ1) is 29.3. The molecule has 9 nitrogen and oxygen atoms in total. The van der Waals surface area contributed by atoms with E-state index in [0.717, 1.165) is 24.1 Å². The summed E-state index contributed by atoms with van der Waals surface area (Å²) in [5.74, 6) is -1.89. The number of nitrogens with zero attached hydrogens (tertiary/aromatic N) is 3. The molecule has 1 fully saturated rings. The number of rotatable bonds is 10. The summed E-state index contributed by atoms with van der Waals surface area (Å²) in [6, 6.07) is 16.1. The lowest BCUT2D eigenvalue weighted by Gasteiger charge is -2.28. The van der Waals surface area contributed by atoms with Crippen LogP contribution in [0.1, 0.15) is 27.9 Å². The highest BCUT2D eigenvalue weighted by Crippen LogP contribution is 2.28. The average molecular weight is 622 g/mol. The summed E-state index contributed by atoms with van der Waals surface area (Å²) in [5.41, 5.74) is 0.662. The van der Waals surface area contributed by atoms with Gasteiger partial charge in [-0.3, -0.25) is 9.48 Å². The Balaban J connectivity index is 1.29. The Morgan fingerprint density at radius 3 is 2.61 bits per heavy atom. The molecule has 1 aliphatic rings. The molecule has 12 heteroatoms. The molecule has 1 aliphatic heterocycles. The van der Waals surface area contributed by atoms with E-state index in [0.29, 0.717) is 22.9 Å². The van der Waals surface area contributed by atoms with E-state index < -0.39 is 23.2 Å². The number of aromatic nitrogens is 3. The summed E-state index contributed by atoms with van der Waals surface area (Å²) in [6.07, 6.45) is 0.572. The van der Waals surface area contributed by atoms with Crippen molar-refractivity contribution in [1.82, 2.24) is 14.3 Å². The number of hydrogen-bond acceptors (Lipinski definition) is 6. The van der Waals surface area contributed by atoms with Crippen molar-refractivity contribution in [2.24, 2.45) is 0 Å². The molecule has 0 amide bonds. The molecule has 6 rings (SSSR count). The number of pyridine rings is 1. The minimum absolute atomic E-state index is 0.00511. The maximum Gasteiger partial charge on any atom is 0.335 e. The third kappa shape index (κ3) is 5.76. The lowest BCUT2D eigenvalue weighted by Crippen LogP contribution is -2.35. The SMILES string of the molecule is COc1cc(Cl)ccc1COc1cccc(-c2cc(F)c(Cn3c(=O)c4ccc(C(=O)O)cc4n3CC3CCO3)cc2F)n1. The van der Waals surface area contributed by atoms with E-state index in [-0.39, 0.29) is 59.5 Å². The number of methoxy groups -OCH3 is 1. The molecule has 2 aromatic heterocycles. The van der Waals surface area contributed by atoms with Gasteiger partial charge in [0.05, 0.1) is 48.5 Å². The standard InChI is InChI=1S/C32H26ClF2N3O6/c1-42-29-13-21(33)7-5-19(29)17-44-30-4-2-3-27(36-30)24-14-25(34)20(11-26(24)35)15-38-31(39)23-8-6-18(32(40)41)12-28(23)37(38)16-22-9-10-43-22/h2-8,11-14,22H,9-10,15-17H2,1H3,(H,40,41). The van der Waals surface area contributed by atoms with Gasteiger partial charge < -0.3 is 19.3 Å². The van der Waals surface area contributed by atoms with Crippen molar-refractivity contribution >= 4 is 28.5 Å². The second-order valence-electron chi connectivity index (χ2n) is 10.3. The van der Waals surface area contributed by atoms with Gasteiger partial charge in [-0.1, -0.05) is 23.7 Å². The van der Waals surface area contributed by atoms with Crippen LogP contribution < -0.4 is 15.0 Å². The molecule has 1 saturated heterocycles. The Morgan fingerprint density at radius 1 is 1.07 bits per heavy atom. The highest BCUT2D eigenvalue weighted by Gasteiger charge is 2.24. The van der Waals surface area contributed by atoms with Crippen molar-refractivity contribution in [3.63, 3.8) is 0 Å². The minimum atomic E-state index is -1.14. The Bertz CT molecular complexity index is 1950. The summed E-state index contributed by atoms with van der Waals surface area (Å²) in [5, 5.41) is 10.2. The quantitative estimate of drug-likeness (QED) is 0.206. The lowest BCUT2D eigenvalue weighted by molar-refractivity contribution is -0.0618. The third-order valence-corrected chi connectivity index (χ3v) is 7.76. The fraction of sp³-hybridized carbons (Fsp3) is 0.219. The normalized spacial score (nSPS) is 14.4. The molecule has 5 aromatic rings. The van der Waals surface area contributed by atoms with Crippen LogP contribution in [0.25, 0.3) is 22.2 Å². The third-order valence-electron chi connectivity index (χ3n) is 7.53. The first-order valence-corrected chi connectivity index (χ1v) is 14.1. The van der Waals surface area contributed by atoms with Crippen molar-refractivity contribution in [2.75, 3.05) is 13.7 Å². The van der Waals surface area contributed by atoms with Gasteiger partial charge in [0.1, 0.15) is 24.0 Å². The van der Waals surface area contributed by atoms with Crippen molar-refractivity contribution in [3.8, 4) is 22.9 Å². The molecule has 1 atom stereocenters. The van der Waals surface area contributed by atoms with Gasteiger partial charge in [0.15, 0.2) is 0 Å². The maximum atomic E-state index is 15.5. The van der Waals surface area contributed by atoms with E-state index in [1.807, 2.05) is 0 Å². The predicted molar refractivity (Wildman–Crippen MR) is 159 cm³/mol. The van der Waals surface area contributed by atoms with Crippen LogP contribution in [0.2, 0.25) is 5.02 Å². The Morgan fingerprint density at radius 2 is 1.89 bits per heavy atom. The molecule has 1 unspecified atom stereocenters. The van der Waals surface area contributed by atoms with Crippen LogP contribution in [0.4, 0.5) is 8.78 Å². The molecule has 0 aliphatic carbocycles. The predicted octanol–water partition coefficient (Wildman–Crippen LogP) is 5.92. The van der Waals surface area contributed by atoms with Gasteiger partial charge in [0, 0.05) is 34.4 Å². The summed E-state index contributed by atoms with van der Waals surface area (Å²) >= 11 is 6.02. The van der Waals surface area contributed by atoms with Gasteiger partial charge in [-0.2, -0.15) is 0 Å². The molecular weight excluding hydrogens is 596 g/mol. The van der Waals surface area contributed by atoms with E-state index >= 15 is 8.78 Å². The number of halogens is 3. The smallest absolute Gasteiger partial charge is 0.335 e. The van der Waals surface area contributed by atoms with E-state index in [4.69, 9.17) is 25.8 Å². The maximum absolute atomic E-state index is 15.5. The van der Waals surface area contributed by atoms with Gasteiger partial charge in [0.2, 0.25) is 5.88 Å².